The van der Waals surface area contributed by atoms with Gasteiger partial charge in [0.15, 0.2) is 0 Å². The third-order valence-electron chi connectivity index (χ3n) is 2.54. The zero-order chi connectivity index (χ0) is 11.9. The minimum atomic E-state index is -2.31. The average Bonchev–Trinajstić information content (AvgIpc) is 1.98. The number of rotatable bonds is 8. The second kappa shape index (κ2) is 6.79. The Labute approximate surface area is 95.8 Å². The van der Waals surface area contributed by atoms with Crippen LogP contribution in [0.5, 0.6) is 0 Å². The van der Waals surface area contributed by atoms with E-state index < -0.39 is 16.8 Å². The van der Waals surface area contributed by atoms with Crippen molar-refractivity contribution in [2.24, 2.45) is 0 Å². The summed E-state index contributed by atoms with van der Waals surface area (Å²) in [6.45, 7) is 7.07. The Morgan fingerprint density at radius 2 is 0.867 bits per heavy atom. The van der Waals surface area contributed by atoms with E-state index in [1.807, 2.05) is 0 Å². The van der Waals surface area contributed by atoms with Gasteiger partial charge < -0.3 is 8.22 Å². The molecule has 0 nitrogen and oxygen atoms in total. The van der Waals surface area contributed by atoms with Crippen molar-refractivity contribution in [3.63, 3.8) is 0 Å². The summed E-state index contributed by atoms with van der Waals surface area (Å²) in [5.41, 5.74) is 0. The summed E-state index contributed by atoms with van der Waals surface area (Å²) in [5.74, 6) is 0. The molecule has 0 N–H and O–H groups in total. The summed E-state index contributed by atoms with van der Waals surface area (Å²) >= 11 is 0. The first kappa shape index (κ1) is 15.3. The molecule has 0 radical (unpaired) electrons. The van der Waals surface area contributed by atoms with Crippen molar-refractivity contribution in [3.8, 4) is 0 Å². The monoisotopic (exact) mass is 252 g/mol. The van der Waals surface area contributed by atoms with Crippen molar-refractivity contribution in [3.05, 3.63) is 0 Å². The average molecular weight is 252 g/mol. The molecule has 0 aromatic rings. The zero-order valence-corrected chi connectivity index (χ0v) is 12.7. The highest BCUT2D eigenvalue weighted by Gasteiger charge is 2.20. The summed E-state index contributed by atoms with van der Waals surface area (Å²) in [5, 5.41) is 0. The van der Waals surface area contributed by atoms with Crippen LogP contribution in [0.3, 0.4) is 0 Å². The van der Waals surface area contributed by atoms with E-state index in [2.05, 4.69) is 0 Å². The Kier molecular flexibility index (Phi) is 6.92. The number of hydrogen-bond acceptors (Lipinski definition) is 0. The molecule has 4 heteroatoms. The zero-order valence-electron chi connectivity index (χ0n) is 10.7. The van der Waals surface area contributed by atoms with Gasteiger partial charge in [-0.15, -0.1) is 0 Å². The molecule has 0 aliphatic heterocycles. The molecule has 0 saturated carbocycles. The van der Waals surface area contributed by atoms with Crippen molar-refractivity contribution in [2.45, 2.75) is 70.4 Å². The van der Waals surface area contributed by atoms with Gasteiger partial charge in [-0.2, -0.15) is 0 Å². The molecule has 0 aliphatic rings. The van der Waals surface area contributed by atoms with Gasteiger partial charge in [-0.3, -0.25) is 0 Å². The van der Waals surface area contributed by atoms with Crippen LogP contribution >= 0.6 is 0 Å². The molecule has 15 heavy (non-hydrogen) atoms. The molecule has 0 atom stereocenters. The maximum absolute atomic E-state index is 13.2. The van der Waals surface area contributed by atoms with E-state index in [1.165, 1.54) is 0 Å². The van der Waals surface area contributed by atoms with E-state index in [0.29, 0.717) is 0 Å². The first-order valence-corrected chi connectivity index (χ1v) is 12.3. The van der Waals surface area contributed by atoms with Crippen LogP contribution in [0.25, 0.3) is 0 Å². The predicted molar refractivity (Wildman–Crippen MR) is 69.9 cm³/mol. The molecule has 0 aromatic carbocycles. The van der Waals surface area contributed by atoms with Crippen molar-refractivity contribution in [1.82, 2.24) is 0 Å². The van der Waals surface area contributed by atoms with Gasteiger partial charge in [-0.1, -0.05) is 32.1 Å². The van der Waals surface area contributed by atoms with Gasteiger partial charge in [-0.25, -0.2) is 0 Å². The highest BCUT2D eigenvalue weighted by Crippen LogP contribution is 2.19. The van der Waals surface area contributed by atoms with Crippen molar-refractivity contribution in [1.29, 1.82) is 0 Å². The van der Waals surface area contributed by atoms with Crippen LogP contribution < -0.4 is 0 Å². The third kappa shape index (κ3) is 14.3. The first-order chi connectivity index (χ1) is 6.71. The molecule has 0 aromatic heterocycles. The van der Waals surface area contributed by atoms with Crippen molar-refractivity contribution in [2.75, 3.05) is 0 Å². The summed E-state index contributed by atoms with van der Waals surface area (Å²) in [7, 11) is -4.62. The fraction of sp³-hybridized carbons (Fsp3) is 1.00. The number of unbranched alkanes of at least 4 members (excludes halogenated alkanes) is 4. The Morgan fingerprint density at radius 3 is 1.13 bits per heavy atom. The molecule has 0 heterocycles. The first-order valence-electron chi connectivity index (χ1n) is 6.09. The molecule has 0 unspecified atom stereocenters. The van der Waals surface area contributed by atoms with Gasteiger partial charge in [0.25, 0.3) is 0 Å². The van der Waals surface area contributed by atoms with Crippen LogP contribution in [0.15, 0.2) is 0 Å². The predicted octanol–water partition coefficient (Wildman–Crippen LogP) is 5.29. The van der Waals surface area contributed by atoms with Gasteiger partial charge in [0.05, 0.1) is 0 Å². The Morgan fingerprint density at radius 1 is 0.600 bits per heavy atom. The standard InChI is InChI=1S/C11H26F2Si2/c1-14(2,12)10-8-6-5-7-9-11-15(3,4)13/h5-11H2,1-4H3. The SMILES string of the molecule is C[Si](C)(F)CCCCCCC[Si](C)(C)F. The van der Waals surface area contributed by atoms with Gasteiger partial charge in [0.2, 0.25) is 16.8 Å². The fourth-order valence-electron chi connectivity index (χ4n) is 1.62. The summed E-state index contributed by atoms with van der Waals surface area (Å²) in [6, 6.07) is 1.58. The van der Waals surface area contributed by atoms with Gasteiger partial charge in [0, 0.05) is 0 Å². The minimum Gasteiger partial charge on any atom is -0.314 e. The van der Waals surface area contributed by atoms with Crippen LogP contribution in [-0.4, -0.2) is 16.8 Å². The Balaban J connectivity index is 3.20. The second-order valence-electron chi connectivity index (χ2n) is 5.71. The van der Waals surface area contributed by atoms with Crippen LogP contribution in [0, 0.1) is 0 Å². The van der Waals surface area contributed by atoms with Crippen LogP contribution in [0.4, 0.5) is 8.22 Å². The molecule has 92 valence electrons. The van der Waals surface area contributed by atoms with Crippen LogP contribution in [0.1, 0.15) is 32.1 Å². The lowest BCUT2D eigenvalue weighted by Gasteiger charge is -2.11. The summed E-state index contributed by atoms with van der Waals surface area (Å²) in [6.07, 6.45) is 5.43. The maximum Gasteiger partial charge on any atom is 0.240 e. The summed E-state index contributed by atoms with van der Waals surface area (Å²) < 4.78 is 26.4. The largest absolute Gasteiger partial charge is 0.314 e. The number of halogens is 2. The van der Waals surface area contributed by atoms with E-state index in [-0.39, 0.29) is 0 Å². The van der Waals surface area contributed by atoms with Gasteiger partial charge >= 0.3 is 0 Å². The lowest BCUT2D eigenvalue weighted by molar-refractivity contribution is 0.631. The Bertz CT molecular complexity index is 141. The molecule has 0 amide bonds. The van der Waals surface area contributed by atoms with E-state index in [4.69, 9.17) is 0 Å². The van der Waals surface area contributed by atoms with Crippen molar-refractivity contribution >= 4 is 16.8 Å². The minimum absolute atomic E-state index is 0.788. The van der Waals surface area contributed by atoms with E-state index in [0.717, 1.165) is 44.2 Å². The molecule has 0 aliphatic carbocycles. The highest BCUT2D eigenvalue weighted by atomic mass is 28.4. The highest BCUT2D eigenvalue weighted by molar-refractivity contribution is 6.70. The molecular weight excluding hydrogens is 226 g/mol. The molecule has 0 spiro atoms. The fourth-order valence-corrected chi connectivity index (χ4v) is 3.80. The van der Waals surface area contributed by atoms with E-state index in [9.17, 15) is 8.22 Å². The molecule has 0 bridgehead atoms. The normalized spacial score (nSPS) is 13.2. The smallest absolute Gasteiger partial charge is 0.240 e. The quantitative estimate of drug-likeness (QED) is 0.313. The number of hydrogen-bond donors (Lipinski definition) is 0. The van der Waals surface area contributed by atoms with Gasteiger partial charge in [0.1, 0.15) is 0 Å². The van der Waals surface area contributed by atoms with E-state index >= 15 is 0 Å². The van der Waals surface area contributed by atoms with Gasteiger partial charge in [-0.05, 0) is 38.3 Å². The summed E-state index contributed by atoms with van der Waals surface area (Å²) in [4.78, 5) is 0. The Hall–Kier alpha value is 0.294. The van der Waals surface area contributed by atoms with Crippen molar-refractivity contribution < 1.29 is 8.22 Å². The lowest BCUT2D eigenvalue weighted by atomic mass is 10.2. The topological polar surface area (TPSA) is 0 Å². The van der Waals surface area contributed by atoms with E-state index in [1.54, 1.807) is 26.2 Å². The third-order valence-corrected chi connectivity index (χ3v) is 5.63. The van der Waals surface area contributed by atoms with Crippen LogP contribution in [0.2, 0.25) is 38.3 Å². The molecular formula is C11H26F2Si2. The second-order valence-corrected chi connectivity index (χ2v) is 13.6. The molecule has 0 saturated heterocycles. The molecule has 0 fully saturated rings. The van der Waals surface area contributed by atoms with Crippen LogP contribution in [-0.2, 0) is 0 Å². The molecule has 0 rings (SSSR count). The lowest BCUT2D eigenvalue weighted by Crippen LogP contribution is -2.17. The maximum atomic E-state index is 13.2.